The molecule has 1 aliphatic heterocycles. The van der Waals surface area contributed by atoms with Crippen molar-refractivity contribution in [1.29, 1.82) is 0 Å². The summed E-state index contributed by atoms with van der Waals surface area (Å²) in [4.78, 5) is 18.8. The molecular weight excluding hydrogens is 376 g/mol. The zero-order chi connectivity index (χ0) is 20.8. The van der Waals surface area contributed by atoms with Crippen LogP contribution >= 0.6 is 0 Å². The number of carbonyl (C=O) groups is 1. The molecule has 0 radical (unpaired) electrons. The van der Waals surface area contributed by atoms with Crippen LogP contribution in [0.4, 0.5) is 0 Å². The molecule has 1 aliphatic rings. The first-order valence-corrected chi connectivity index (χ1v) is 9.73. The number of rotatable bonds is 8. The van der Waals surface area contributed by atoms with Crippen molar-refractivity contribution in [1.82, 2.24) is 9.88 Å². The van der Waals surface area contributed by atoms with Gasteiger partial charge in [-0.3, -0.25) is 9.69 Å². The molecule has 0 amide bonds. The lowest BCUT2D eigenvalue weighted by Crippen LogP contribution is -2.36. The van der Waals surface area contributed by atoms with Crippen LogP contribution in [0.25, 0.3) is 11.5 Å². The SMILES string of the molecule is CCOC(=O)C1CCN(Cc2coc(-c3cc(OC)c(OC)c(OC)c3)n2)CC1. The first-order valence-electron chi connectivity index (χ1n) is 9.73. The standard InChI is InChI=1S/C21H28N2O6/c1-5-28-21(24)14-6-8-23(9-7-14)12-16-13-29-20(22-16)15-10-17(25-2)19(27-4)18(11-15)26-3/h10-11,13-14H,5-9,12H2,1-4H3. The number of hydrogen-bond acceptors (Lipinski definition) is 8. The number of ether oxygens (including phenoxy) is 4. The predicted molar refractivity (Wildman–Crippen MR) is 106 cm³/mol. The molecule has 3 rings (SSSR count). The number of benzene rings is 1. The van der Waals surface area contributed by atoms with Crippen molar-refractivity contribution in [2.75, 3.05) is 41.0 Å². The summed E-state index contributed by atoms with van der Waals surface area (Å²) in [6.45, 7) is 4.60. The van der Waals surface area contributed by atoms with Gasteiger partial charge in [-0.1, -0.05) is 0 Å². The Morgan fingerprint density at radius 2 is 1.79 bits per heavy atom. The number of hydrogen-bond donors (Lipinski definition) is 0. The highest BCUT2D eigenvalue weighted by molar-refractivity contribution is 5.72. The number of oxazole rings is 1. The number of piperidine rings is 1. The third-order valence-corrected chi connectivity index (χ3v) is 5.06. The van der Waals surface area contributed by atoms with Gasteiger partial charge in [0.2, 0.25) is 11.6 Å². The topological polar surface area (TPSA) is 83.3 Å². The Balaban J connectivity index is 1.67. The maximum Gasteiger partial charge on any atom is 0.309 e. The van der Waals surface area contributed by atoms with Gasteiger partial charge < -0.3 is 23.4 Å². The number of carbonyl (C=O) groups excluding carboxylic acids is 1. The van der Waals surface area contributed by atoms with Crippen LogP contribution in [0.2, 0.25) is 0 Å². The molecule has 0 unspecified atom stereocenters. The molecule has 2 heterocycles. The van der Waals surface area contributed by atoms with Crippen LogP contribution < -0.4 is 14.2 Å². The van der Waals surface area contributed by atoms with E-state index in [4.69, 9.17) is 23.4 Å². The van der Waals surface area contributed by atoms with Crippen molar-refractivity contribution in [3.8, 4) is 28.7 Å². The minimum absolute atomic E-state index is 0.00158. The zero-order valence-corrected chi connectivity index (χ0v) is 17.4. The van der Waals surface area contributed by atoms with E-state index in [-0.39, 0.29) is 11.9 Å². The molecule has 0 bridgehead atoms. The summed E-state index contributed by atoms with van der Waals surface area (Å²) in [7, 11) is 4.71. The molecule has 1 fully saturated rings. The lowest BCUT2D eigenvalue weighted by atomic mass is 9.97. The fourth-order valence-corrected chi connectivity index (χ4v) is 3.53. The normalized spacial score (nSPS) is 15.2. The lowest BCUT2D eigenvalue weighted by molar-refractivity contribution is -0.149. The second-order valence-electron chi connectivity index (χ2n) is 6.86. The van der Waals surface area contributed by atoms with E-state index in [2.05, 4.69) is 9.88 Å². The molecule has 158 valence electrons. The van der Waals surface area contributed by atoms with Crippen LogP contribution in [-0.4, -0.2) is 56.9 Å². The second kappa shape index (κ2) is 9.65. The number of nitrogens with zero attached hydrogens (tertiary/aromatic N) is 2. The Hall–Kier alpha value is -2.74. The van der Waals surface area contributed by atoms with Gasteiger partial charge in [-0.2, -0.15) is 0 Å². The molecule has 8 nitrogen and oxygen atoms in total. The van der Waals surface area contributed by atoms with Crippen molar-refractivity contribution in [3.63, 3.8) is 0 Å². The summed E-state index contributed by atoms with van der Waals surface area (Å²) in [6.07, 6.45) is 3.27. The summed E-state index contributed by atoms with van der Waals surface area (Å²) < 4.78 is 27.0. The van der Waals surface area contributed by atoms with Gasteiger partial charge in [-0.15, -0.1) is 0 Å². The molecular formula is C21H28N2O6. The van der Waals surface area contributed by atoms with Gasteiger partial charge in [-0.05, 0) is 45.0 Å². The van der Waals surface area contributed by atoms with Crippen LogP contribution in [0.15, 0.2) is 22.8 Å². The number of esters is 1. The van der Waals surface area contributed by atoms with E-state index in [1.165, 1.54) is 0 Å². The predicted octanol–water partition coefficient (Wildman–Crippen LogP) is 3.14. The molecule has 0 spiro atoms. The van der Waals surface area contributed by atoms with Crippen LogP contribution in [0.1, 0.15) is 25.5 Å². The fourth-order valence-electron chi connectivity index (χ4n) is 3.53. The van der Waals surface area contributed by atoms with Crippen LogP contribution in [0.3, 0.4) is 0 Å². The van der Waals surface area contributed by atoms with Gasteiger partial charge in [0, 0.05) is 12.1 Å². The zero-order valence-electron chi connectivity index (χ0n) is 17.4. The minimum atomic E-state index is -0.0849. The molecule has 1 aromatic carbocycles. The van der Waals surface area contributed by atoms with Gasteiger partial charge in [-0.25, -0.2) is 4.98 Å². The molecule has 0 saturated carbocycles. The Labute approximate surface area is 170 Å². The van der Waals surface area contributed by atoms with E-state index in [1.807, 2.05) is 19.1 Å². The molecule has 8 heteroatoms. The molecule has 0 aliphatic carbocycles. The van der Waals surface area contributed by atoms with Crippen LogP contribution in [-0.2, 0) is 16.1 Å². The van der Waals surface area contributed by atoms with Gasteiger partial charge >= 0.3 is 5.97 Å². The summed E-state index contributed by atoms with van der Waals surface area (Å²) in [5.74, 6) is 2.01. The summed E-state index contributed by atoms with van der Waals surface area (Å²) >= 11 is 0. The van der Waals surface area contributed by atoms with E-state index in [0.717, 1.165) is 37.2 Å². The first-order chi connectivity index (χ1) is 14.1. The van der Waals surface area contributed by atoms with Gasteiger partial charge in [0.05, 0.1) is 39.5 Å². The number of likely N-dealkylation sites (tertiary alicyclic amines) is 1. The molecule has 1 aromatic heterocycles. The third-order valence-electron chi connectivity index (χ3n) is 5.06. The molecule has 2 aromatic rings. The molecule has 0 atom stereocenters. The number of aromatic nitrogens is 1. The molecule has 1 saturated heterocycles. The average molecular weight is 404 g/mol. The summed E-state index contributed by atoms with van der Waals surface area (Å²) in [6, 6.07) is 3.61. The Kier molecular flexibility index (Phi) is 6.98. The Morgan fingerprint density at radius 3 is 2.34 bits per heavy atom. The Morgan fingerprint density at radius 1 is 1.14 bits per heavy atom. The largest absolute Gasteiger partial charge is 0.493 e. The van der Waals surface area contributed by atoms with Crippen molar-refractivity contribution >= 4 is 5.97 Å². The van der Waals surface area contributed by atoms with Gasteiger partial charge in [0.1, 0.15) is 6.26 Å². The second-order valence-corrected chi connectivity index (χ2v) is 6.86. The summed E-state index contributed by atoms with van der Waals surface area (Å²) in [5.41, 5.74) is 1.58. The highest BCUT2D eigenvalue weighted by atomic mass is 16.5. The van der Waals surface area contributed by atoms with Crippen molar-refractivity contribution < 1.29 is 28.2 Å². The number of methoxy groups -OCH3 is 3. The molecule has 29 heavy (non-hydrogen) atoms. The maximum atomic E-state index is 11.9. The third kappa shape index (κ3) is 4.82. The van der Waals surface area contributed by atoms with Crippen molar-refractivity contribution in [3.05, 3.63) is 24.1 Å². The van der Waals surface area contributed by atoms with Gasteiger partial charge in [0.15, 0.2) is 11.5 Å². The highest BCUT2D eigenvalue weighted by Gasteiger charge is 2.26. The monoisotopic (exact) mass is 404 g/mol. The lowest BCUT2D eigenvalue weighted by Gasteiger charge is -2.30. The fraction of sp³-hybridized carbons (Fsp3) is 0.524. The summed E-state index contributed by atoms with van der Waals surface area (Å²) in [5, 5.41) is 0. The Bertz CT molecular complexity index is 801. The average Bonchev–Trinajstić information content (AvgIpc) is 3.21. The van der Waals surface area contributed by atoms with E-state index in [9.17, 15) is 4.79 Å². The molecule has 0 N–H and O–H groups in total. The minimum Gasteiger partial charge on any atom is -0.493 e. The van der Waals surface area contributed by atoms with E-state index in [0.29, 0.717) is 36.3 Å². The maximum absolute atomic E-state index is 11.9. The van der Waals surface area contributed by atoms with Crippen molar-refractivity contribution in [2.45, 2.75) is 26.3 Å². The van der Waals surface area contributed by atoms with E-state index in [1.54, 1.807) is 27.6 Å². The van der Waals surface area contributed by atoms with E-state index >= 15 is 0 Å². The van der Waals surface area contributed by atoms with Crippen LogP contribution in [0.5, 0.6) is 17.2 Å². The van der Waals surface area contributed by atoms with Gasteiger partial charge in [0.25, 0.3) is 0 Å². The first kappa shape index (κ1) is 21.0. The van der Waals surface area contributed by atoms with E-state index < -0.39 is 0 Å². The van der Waals surface area contributed by atoms with Crippen molar-refractivity contribution in [2.24, 2.45) is 5.92 Å². The smallest absolute Gasteiger partial charge is 0.309 e. The van der Waals surface area contributed by atoms with Crippen LogP contribution in [0, 0.1) is 5.92 Å². The highest BCUT2D eigenvalue weighted by Crippen LogP contribution is 2.41. The quantitative estimate of drug-likeness (QED) is 0.621.